The number of halogens is 1. The molecule has 6 heteroatoms. The number of rotatable bonds is 1. The third-order valence-electron chi connectivity index (χ3n) is 2.07. The van der Waals surface area contributed by atoms with Gasteiger partial charge < -0.3 is 5.11 Å². The molecule has 0 bridgehead atoms. The molecule has 0 radical (unpaired) electrons. The highest BCUT2D eigenvalue weighted by Gasteiger charge is 2.13. The van der Waals surface area contributed by atoms with Crippen molar-refractivity contribution in [2.24, 2.45) is 0 Å². The van der Waals surface area contributed by atoms with Crippen molar-refractivity contribution >= 4 is 11.6 Å². The van der Waals surface area contributed by atoms with Gasteiger partial charge >= 0.3 is 5.69 Å². The number of hydrogen-bond donors (Lipinski definition) is 3. The lowest BCUT2D eigenvalue weighted by molar-refractivity contribution is 0.451. The van der Waals surface area contributed by atoms with E-state index < -0.39 is 17.1 Å². The summed E-state index contributed by atoms with van der Waals surface area (Å²) in [5.41, 5.74) is -1.14. The van der Waals surface area contributed by atoms with Crippen molar-refractivity contribution in [1.29, 1.82) is 0 Å². The van der Waals surface area contributed by atoms with Gasteiger partial charge in [0.1, 0.15) is 5.56 Å². The molecule has 1 heterocycles. The Hall–Kier alpha value is -2.01. The van der Waals surface area contributed by atoms with Crippen LogP contribution in [0.5, 0.6) is 5.88 Å². The first-order valence-electron chi connectivity index (χ1n) is 4.40. The summed E-state index contributed by atoms with van der Waals surface area (Å²) in [7, 11) is 0. The Kier molecular flexibility index (Phi) is 2.54. The Morgan fingerprint density at radius 1 is 1.12 bits per heavy atom. The highest BCUT2D eigenvalue weighted by atomic mass is 35.5. The summed E-state index contributed by atoms with van der Waals surface area (Å²) < 4.78 is 0. The van der Waals surface area contributed by atoms with E-state index >= 15 is 0 Å². The van der Waals surface area contributed by atoms with Gasteiger partial charge in [-0.05, 0) is 6.07 Å². The monoisotopic (exact) mass is 238 g/mol. The van der Waals surface area contributed by atoms with Gasteiger partial charge in [-0.25, -0.2) is 4.79 Å². The average Bonchev–Trinajstić information content (AvgIpc) is 2.19. The SMILES string of the molecule is O=c1[nH]c(O)c(-c2ccccc2Cl)c(=O)[nH]1. The number of H-pyrrole nitrogens is 2. The van der Waals surface area contributed by atoms with Gasteiger partial charge in [-0.3, -0.25) is 14.8 Å². The lowest BCUT2D eigenvalue weighted by Crippen LogP contribution is -2.23. The molecule has 1 aromatic carbocycles. The molecule has 16 heavy (non-hydrogen) atoms. The van der Waals surface area contributed by atoms with Crippen molar-refractivity contribution in [3.05, 3.63) is 50.1 Å². The van der Waals surface area contributed by atoms with E-state index in [1.165, 1.54) is 0 Å². The molecule has 5 nitrogen and oxygen atoms in total. The smallest absolute Gasteiger partial charge is 0.328 e. The van der Waals surface area contributed by atoms with Crippen molar-refractivity contribution in [3.8, 4) is 17.0 Å². The quantitative estimate of drug-likeness (QED) is 0.695. The third kappa shape index (κ3) is 1.72. The van der Waals surface area contributed by atoms with Crippen molar-refractivity contribution in [3.63, 3.8) is 0 Å². The summed E-state index contributed by atoms with van der Waals surface area (Å²) >= 11 is 5.89. The maximum absolute atomic E-state index is 11.5. The maximum Gasteiger partial charge on any atom is 0.328 e. The molecule has 0 aliphatic carbocycles. The maximum atomic E-state index is 11.5. The van der Waals surface area contributed by atoms with Gasteiger partial charge in [-0.15, -0.1) is 0 Å². The van der Waals surface area contributed by atoms with E-state index in [0.717, 1.165) is 0 Å². The largest absolute Gasteiger partial charge is 0.494 e. The molecule has 2 rings (SSSR count). The topological polar surface area (TPSA) is 85.9 Å². The minimum absolute atomic E-state index is 0.0507. The third-order valence-corrected chi connectivity index (χ3v) is 2.40. The van der Waals surface area contributed by atoms with Crippen LogP contribution in [0.15, 0.2) is 33.9 Å². The van der Waals surface area contributed by atoms with E-state index in [2.05, 4.69) is 4.98 Å². The minimum atomic E-state index is -0.765. The highest BCUT2D eigenvalue weighted by Crippen LogP contribution is 2.28. The Bertz CT molecular complexity index is 645. The molecule has 3 N–H and O–H groups in total. The second-order valence-corrected chi connectivity index (χ2v) is 3.52. The summed E-state index contributed by atoms with van der Waals surface area (Å²) in [6.45, 7) is 0. The Labute approximate surface area is 94.3 Å². The van der Waals surface area contributed by atoms with Gasteiger partial charge in [-0.1, -0.05) is 29.8 Å². The van der Waals surface area contributed by atoms with Gasteiger partial charge in [0, 0.05) is 10.6 Å². The van der Waals surface area contributed by atoms with Gasteiger partial charge in [0.15, 0.2) is 0 Å². The fourth-order valence-corrected chi connectivity index (χ4v) is 1.62. The van der Waals surface area contributed by atoms with Crippen LogP contribution in [-0.4, -0.2) is 15.1 Å². The molecule has 0 unspecified atom stereocenters. The molecule has 0 spiro atoms. The number of aromatic hydroxyl groups is 1. The standard InChI is InChI=1S/C10H7ClN2O3/c11-6-4-2-1-3-5(6)7-8(14)12-10(16)13-9(7)15/h1-4H,(H3,12,13,14,15,16). The summed E-state index contributed by atoms with van der Waals surface area (Å²) in [5.74, 6) is -0.498. The number of nitrogens with one attached hydrogen (secondary N) is 2. The molecule has 1 aromatic heterocycles. The second-order valence-electron chi connectivity index (χ2n) is 3.11. The number of hydrogen-bond acceptors (Lipinski definition) is 3. The first-order chi connectivity index (χ1) is 7.59. The van der Waals surface area contributed by atoms with E-state index in [1.54, 1.807) is 24.3 Å². The van der Waals surface area contributed by atoms with Crippen LogP contribution < -0.4 is 11.2 Å². The highest BCUT2D eigenvalue weighted by molar-refractivity contribution is 6.33. The molecule has 0 aliphatic heterocycles. The van der Waals surface area contributed by atoms with Crippen molar-refractivity contribution < 1.29 is 5.11 Å². The van der Waals surface area contributed by atoms with E-state index in [-0.39, 0.29) is 5.56 Å². The molecule has 2 aromatic rings. The van der Waals surface area contributed by atoms with Crippen molar-refractivity contribution in [1.82, 2.24) is 9.97 Å². The zero-order valence-electron chi connectivity index (χ0n) is 7.95. The molecule has 82 valence electrons. The molecule has 0 saturated carbocycles. The first-order valence-corrected chi connectivity index (χ1v) is 4.78. The average molecular weight is 239 g/mol. The van der Waals surface area contributed by atoms with E-state index in [9.17, 15) is 14.7 Å². The predicted molar refractivity (Wildman–Crippen MR) is 59.8 cm³/mol. The van der Waals surface area contributed by atoms with Crippen LogP contribution in [0.2, 0.25) is 5.02 Å². The van der Waals surface area contributed by atoms with Crippen LogP contribution in [-0.2, 0) is 0 Å². The van der Waals surface area contributed by atoms with Crippen LogP contribution in [0.3, 0.4) is 0 Å². The molecule has 0 fully saturated rings. The van der Waals surface area contributed by atoms with Gasteiger partial charge in [0.25, 0.3) is 5.56 Å². The van der Waals surface area contributed by atoms with E-state index in [0.29, 0.717) is 10.6 Å². The Morgan fingerprint density at radius 2 is 1.81 bits per heavy atom. The normalized spacial score (nSPS) is 10.3. The Balaban J connectivity index is 2.80. The molecule has 0 saturated heterocycles. The molecule has 0 amide bonds. The molecular formula is C10H7ClN2O3. The lowest BCUT2D eigenvalue weighted by Gasteiger charge is -2.04. The van der Waals surface area contributed by atoms with E-state index in [1.807, 2.05) is 4.98 Å². The second kappa shape index (κ2) is 3.86. The van der Waals surface area contributed by atoms with Crippen LogP contribution >= 0.6 is 11.6 Å². The molecule has 0 aliphatic rings. The number of benzene rings is 1. The van der Waals surface area contributed by atoms with Crippen LogP contribution in [0.1, 0.15) is 0 Å². The van der Waals surface area contributed by atoms with Gasteiger partial charge in [-0.2, -0.15) is 0 Å². The summed E-state index contributed by atoms with van der Waals surface area (Å²) in [6.07, 6.45) is 0. The zero-order valence-corrected chi connectivity index (χ0v) is 8.71. The lowest BCUT2D eigenvalue weighted by atomic mass is 10.1. The summed E-state index contributed by atoms with van der Waals surface area (Å²) in [4.78, 5) is 26.5. The van der Waals surface area contributed by atoms with Crippen LogP contribution in [0.25, 0.3) is 11.1 Å². The first kappa shape index (κ1) is 10.5. The summed E-state index contributed by atoms with van der Waals surface area (Å²) in [6, 6.07) is 6.53. The molecule has 0 atom stereocenters. The van der Waals surface area contributed by atoms with Crippen molar-refractivity contribution in [2.75, 3.05) is 0 Å². The fraction of sp³-hybridized carbons (Fsp3) is 0. The number of aromatic nitrogens is 2. The predicted octanol–water partition coefficient (Wildman–Crippen LogP) is 1.09. The number of aromatic amines is 2. The zero-order chi connectivity index (χ0) is 11.7. The summed E-state index contributed by atoms with van der Waals surface area (Å²) in [5, 5.41) is 9.83. The van der Waals surface area contributed by atoms with Crippen molar-refractivity contribution in [2.45, 2.75) is 0 Å². The Morgan fingerprint density at radius 3 is 2.44 bits per heavy atom. The van der Waals surface area contributed by atoms with Gasteiger partial charge in [0.05, 0.1) is 0 Å². The van der Waals surface area contributed by atoms with Gasteiger partial charge in [0.2, 0.25) is 5.88 Å². The van der Waals surface area contributed by atoms with Crippen LogP contribution in [0.4, 0.5) is 0 Å². The minimum Gasteiger partial charge on any atom is -0.494 e. The fourth-order valence-electron chi connectivity index (χ4n) is 1.39. The van der Waals surface area contributed by atoms with Crippen LogP contribution in [0, 0.1) is 0 Å². The molecular weight excluding hydrogens is 232 g/mol. The van der Waals surface area contributed by atoms with E-state index in [4.69, 9.17) is 11.6 Å².